The van der Waals surface area contributed by atoms with Crippen LogP contribution in [0.5, 0.6) is 0 Å². The van der Waals surface area contributed by atoms with Crippen LogP contribution in [0.3, 0.4) is 0 Å². The Morgan fingerprint density at radius 2 is 1.74 bits per heavy atom. The Kier molecular flexibility index (Phi) is 6.88. The standard InChI is InChI=1S/C21H20F7N7O2S/c1-10-3-4-14(18(31-10)21(26,27)28)34-8-13(30-9-34)17-15(20(23,24)25)16(32-19(29)33-17)11-5-6-35(7-12(11)22)38(2,36)37/h3-4,8-9,11-12H,5-7H2,1-2H3,(H2,29,32,33)/t11-,12+/m1/s1. The molecule has 3 aromatic rings. The number of rotatable bonds is 4. The van der Waals surface area contributed by atoms with Crippen molar-refractivity contribution >= 4 is 16.0 Å². The number of hydrogen-bond donors (Lipinski definition) is 1. The number of hydrogen-bond acceptors (Lipinski definition) is 7. The van der Waals surface area contributed by atoms with Crippen LogP contribution in [-0.4, -0.2) is 62.7 Å². The largest absolute Gasteiger partial charge is 0.435 e. The van der Waals surface area contributed by atoms with Crippen molar-refractivity contribution in [3.05, 3.63) is 47.3 Å². The number of imidazole rings is 1. The second-order valence-electron chi connectivity index (χ2n) is 8.70. The minimum Gasteiger partial charge on any atom is -0.368 e. The van der Waals surface area contributed by atoms with Gasteiger partial charge >= 0.3 is 12.4 Å². The van der Waals surface area contributed by atoms with Gasteiger partial charge in [0.05, 0.1) is 17.6 Å². The highest BCUT2D eigenvalue weighted by atomic mass is 32.2. The summed E-state index contributed by atoms with van der Waals surface area (Å²) in [6.45, 7) is 0.405. The lowest BCUT2D eigenvalue weighted by Crippen LogP contribution is -2.44. The summed E-state index contributed by atoms with van der Waals surface area (Å²) >= 11 is 0. The van der Waals surface area contributed by atoms with E-state index in [-0.39, 0.29) is 18.7 Å². The van der Waals surface area contributed by atoms with E-state index >= 15 is 4.39 Å². The number of sulfonamides is 1. The lowest BCUT2D eigenvalue weighted by Gasteiger charge is -2.34. The highest BCUT2D eigenvalue weighted by molar-refractivity contribution is 7.88. The van der Waals surface area contributed by atoms with E-state index in [0.29, 0.717) is 0 Å². The van der Waals surface area contributed by atoms with E-state index in [9.17, 15) is 34.8 Å². The highest BCUT2D eigenvalue weighted by Crippen LogP contribution is 2.43. The summed E-state index contributed by atoms with van der Waals surface area (Å²) in [5.74, 6) is -2.13. The number of nitrogens with two attached hydrogens (primary N) is 1. The van der Waals surface area contributed by atoms with E-state index in [1.165, 1.54) is 13.0 Å². The van der Waals surface area contributed by atoms with Gasteiger partial charge < -0.3 is 10.3 Å². The molecule has 2 N–H and O–H groups in total. The van der Waals surface area contributed by atoms with Crippen LogP contribution < -0.4 is 5.73 Å². The molecule has 206 valence electrons. The number of halogens is 7. The predicted molar refractivity (Wildman–Crippen MR) is 120 cm³/mol. The quantitative estimate of drug-likeness (QED) is 0.477. The smallest absolute Gasteiger partial charge is 0.368 e. The molecule has 4 heterocycles. The average molecular weight is 567 g/mol. The Hall–Kier alpha value is -3.34. The minimum absolute atomic E-state index is 0.0664. The van der Waals surface area contributed by atoms with Gasteiger partial charge in [0.2, 0.25) is 16.0 Å². The summed E-state index contributed by atoms with van der Waals surface area (Å²) in [4.78, 5) is 14.6. The van der Waals surface area contributed by atoms with E-state index in [1.807, 2.05) is 0 Å². The zero-order valence-corrected chi connectivity index (χ0v) is 20.5. The van der Waals surface area contributed by atoms with Crippen LogP contribution in [-0.2, 0) is 22.4 Å². The van der Waals surface area contributed by atoms with E-state index in [4.69, 9.17) is 5.73 Å². The summed E-state index contributed by atoms with van der Waals surface area (Å²) in [5, 5.41) is 0. The molecule has 2 atom stereocenters. The lowest BCUT2D eigenvalue weighted by atomic mass is 9.88. The normalized spacial score (nSPS) is 19.6. The molecular formula is C21H20F7N7O2S. The number of aryl methyl sites for hydroxylation is 1. The molecule has 0 bridgehead atoms. The number of aromatic nitrogens is 5. The Morgan fingerprint density at radius 3 is 2.32 bits per heavy atom. The van der Waals surface area contributed by atoms with Crippen LogP contribution in [0, 0.1) is 6.92 Å². The zero-order valence-electron chi connectivity index (χ0n) is 19.7. The summed E-state index contributed by atoms with van der Waals surface area (Å²) in [6.07, 6.45) is -9.78. The van der Waals surface area contributed by atoms with Crippen LogP contribution in [0.25, 0.3) is 17.1 Å². The molecule has 0 saturated carbocycles. The number of alkyl halides is 7. The molecule has 3 aromatic heterocycles. The van der Waals surface area contributed by atoms with Crippen molar-refractivity contribution < 1.29 is 39.2 Å². The van der Waals surface area contributed by atoms with Crippen molar-refractivity contribution in [2.24, 2.45) is 0 Å². The molecule has 0 unspecified atom stereocenters. The fraction of sp³-hybridized carbons (Fsp3) is 0.429. The Labute approximate surface area is 211 Å². The van der Waals surface area contributed by atoms with Crippen LogP contribution in [0.4, 0.5) is 36.7 Å². The fourth-order valence-electron chi connectivity index (χ4n) is 4.26. The number of pyridine rings is 1. The highest BCUT2D eigenvalue weighted by Gasteiger charge is 2.45. The second-order valence-corrected chi connectivity index (χ2v) is 10.7. The van der Waals surface area contributed by atoms with Gasteiger partial charge in [0, 0.05) is 30.9 Å². The lowest BCUT2D eigenvalue weighted by molar-refractivity contribution is -0.141. The SMILES string of the molecule is Cc1ccc(-n2cnc(-c3nc(N)nc([C@@H]4CCN(S(C)(=O)=O)C[C@@H]4F)c3C(F)(F)F)c2)c(C(F)(F)F)n1. The van der Waals surface area contributed by atoms with Gasteiger partial charge in [-0.3, -0.25) is 0 Å². The molecule has 1 fully saturated rings. The van der Waals surface area contributed by atoms with Crippen LogP contribution >= 0.6 is 0 Å². The number of nitrogen functional groups attached to an aromatic ring is 1. The summed E-state index contributed by atoms with van der Waals surface area (Å²) < 4.78 is 124. The van der Waals surface area contributed by atoms with Gasteiger partial charge in [-0.2, -0.15) is 30.6 Å². The minimum atomic E-state index is -5.14. The van der Waals surface area contributed by atoms with Crippen LogP contribution in [0.1, 0.15) is 35.0 Å². The number of anilines is 1. The van der Waals surface area contributed by atoms with E-state index in [2.05, 4.69) is 19.9 Å². The first kappa shape index (κ1) is 27.7. The molecule has 0 spiro atoms. The molecule has 1 saturated heterocycles. The third-order valence-corrected chi connectivity index (χ3v) is 7.22. The Morgan fingerprint density at radius 1 is 1.05 bits per heavy atom. The molecule has 1 aliphatic rings. The van der Waals surface area contributed by atoms with Gasteiger partial charge in [0.15, 0.2) is 5.69 Å². The molecule has 4 rings (SSSR count). The maximum atomic E-state index is 15.1. The molecule has 0 amide bonds. The second kappa shape index (κ2) is 9.44. The van der Waals surface area contributed by atoms with Crippen molar-refractivity contribution in [1.82, 2.24) is 28.8 Å². The van der Waals surface area contributed by atoms with Crippen molar-refractivity contribution in [2.45, 2.75) is 37.8 Å². The average Bonchev–Trinajstić information content (AvgIpc) is 3.26. The molecule has 0 aliphatic carbocycles. The van der Waals surface area contributed by atoms with Crippen molar-refractivity contribution in [2.75, 3.05) is 25.1 Å². The molecule has 9 nitrogen and oxygen atoms in total. The number of piperidine rings is 1. The third-order valence-electron chi connectivity index (χ3n) is 5.95. The molecule has 1 aliphatic heterocycles. The monoisotopic (exact) mass is 567 g/mol. The maximum absolute atomic E-state index is 15.1. The first-order valence-corrected chi connectivity index (χ1v) is 12.7. The van der Waals surface area contributed by atoms with Crippen molar-refractivity contribution in [3.8, 4) is 17.1 Å². The topological polar surface area (TPSA) is 120 Å². The molecule has 38 heavy (non-hydrogen) atoms. The number of nitrogens with zero attached hydrogens (tertiary/aromatic N) is 6. The molecule has 0 radical (unpaired) electrons. The van der Waals surface area contributed by atoms with Crippen LogP contribution in [0.15, 0.2) is 24.7 Å². The van der Waals surface area contributed by atoms with Gasteiger partial charge in [-0.05, 0) is 25.5 Å². The van der Waals surface area contributed by atoms with Gasteiger partial charge in [0.1, 0.15) is 29.5 Å². The maximum Gasteiger partial charge on any atom is 0.435 e. The Balaban J connectivity index is 1.83. The fourth-order valence-corrected chi connectivity index (χ4v) is 5.11. The van der Waals surface area contributed by atoms with Gasteiger partial charge in [-0.1, -0.05) is 0 Å². The summed E-state index contributed by atoms with van der Waals surface area (Å²) in [7, 11) is -3.79. The van der Waals surface area contributed by atoms with Crippen LogP contribution in [0.2, 0.25) is 0 Å². The first-order chi connectivity index (χ1) is 17.5. The zero-order chi connectivity index (χ0) is 28.2. The van der Waals surface area contributed by atoms with Gasteiger partial charge in [0.25, 0.3) is 0 Å². The van der Waals surface area contributed by atoms with E-state index < -0.39 is 81.0 Å². The molecular weight excluding hydrogens is 547 g/mol. The van der Waals surface area contributed by atoms with Gasteiger partial charge in [-0.15, -0.1) is 0 Å². The summed E-state index contributed by atoms with van der Waals surface area (Å²) in [5.41, 5.74) is 0.355. The third kappa shape index (κ3) is 5.43. The van der Waals surface area contributed by atoms with E-state index in [0.717, 1.165) is 33.7 Å². The molecule has 0 aromatic carbocycles. The first-order valence-electron chi connectivity index (χ1n) is 10.9. The van der Waals surface area contributed by atoms with Crippen molar-refractivity contribution in [1.29, 1.82) is 0 Å². The van der Waals surface area contributed by atoms with E-state index in [1.54, 1.807) is 0 Å². The van der Waals surface area contributed by atoms with Crippen molar-refractivity contribution in [3.63, 3.8) is 0 Å². The molecule has 17 heteroatoms. The van der Waals surface area contributed by atoms with Gasteiger partial charge in [-0.25, -0.2) is 32.7 Å². The Bertz CT molecular complexity index is 1470. The summed E-state index contributed by atoms with van der Waals surface area (Å²) in [6, 6.07) is 2.38. The predicted octanol–water partition coefficient (Wildman–Crippen LogP) is 3.74.